The molecule has 2 aliphatic rings. The number of nitrogens with zero attached hydrogens (tertiary/aromatic N) is 1. The summed E-state index contributed by atoms with van der Waals surface area (Å²) in [6, 6.07) is 12.3. The minimum atomic E-state index is -1.54. The highest BCUT2D eigenvalue weighted by atomic mass is 35.5. The number of carboxylic acid groups (broad SMARTS) is 2. The number of halogens is 1. The first-order valence-electron chi connectivity index (χ1n) is 11.5. The van der Waals surface area contributed by atoms with E-state index in [-0.39, 0.29) is 19.3 Å². The third kappa shape index (κ3) is 6.62. The van der Waals surface area contributed by atoms with E-state index in [2.05, 4.69) is 0 Å². The van der Waals surface area contributed by atoms with Crippen molar-refractivity contribution in [1.29, 1.82) is 0 Å². The number of benzene rings is 2. The van der Waals surface area contributed by atoms with Crippen molar-refractivity contribution in [3.8, 4) is 11.5 Å². The third-order valence-corrected chi connectivity index (χ3v) is 6.05. The number of rotatable bonds is 12. The second kappa shape index (κ2) is 11.2. The van der Waals surface area contributed by atoms with Gasteiger partial charge in [-0.3, -0.25) is 0 Å². The summed E-state index contributed by atoms with van der Waals surface area (Å²) < 4.78 is 27.7. The summed E-state index contributed by atoms with van der Waals surface area (Å²) in [5.74, 6) is -3.16. The molecule has 12 heteroatoms. The molecule has 0 aromatic heterocycles. The maximum Gasteiger partial charge on any atom is 0.410 e. The average Bonchev–Trinajstić information content (AvgIpc) is 3.39. The lowest BCUT2D eigenvalue weighted by Crippen LogP contribution is -2.48. The molecule has 2 atom stereocenters. The molecule has 2 aromatic carbocycles. The first kappa shape index (κ1) is 26.5. The van der Waals surface area contributed by atoms with Crippen molar-refractivity contribution in [3.05, 3.63) is 58.6 Å². The number of hydrogen-bond donors (Lipinski definition) is 2. The second-order valence-corrected chi connectivity index (χ2v) is 9.24. The molecule has 0 spiro atoms. The number of ether oxygens (including phenoxy) is 5. The van der Waals surface area contributed by atoms with Crippen molar-refractivity contribution in [1.82, 2.24) is 4.90 Å². The minimum Gasteiger partial charge on any atom is -0.480 e. The number of hydrogen-bond acceptors (Lipinski definition) is 8. The summed E-state index contributed by atoms with van der Waals surface area (Å²) >= 11 is 6.07. The van der Waals surface area contributed by atoms with E-state index in [1.807, 2.05) is 25.1 Å². The molecular formula is C25H26ClNO10. The lowest BCUT2D eigenvalue weighted by molar-refractivity contribution is -0.179. The van der Waals surface area contributed by atoms with E-state index in [0.717, 1.165) is 11.1 Å². The zero-order valence-electron chi connectivity index (χ0n) is 19.9. The first-order valence-corrected chi connectivity index (χ1v) is 11.8. The summed E-state index contributed by atoms with van der Waals surface area (Å²) in [6.07, 6.45) is -0.336. The molecule has 0 saturated carbocycles. The molecule has 0 radical (unpaired) electrons. The Labute approximate surface area is 217 Å². The van der Waals surface area contributed by atoms with Crippen LogP contribution in [0.2, 0.25) is 5.02 Å². The largest absolute Gasteiger partial charge is 0.480 e. The molecular weight excluding hydrogens is 510 g/mol. The van der Waals surface area contributed by atoms with Crippen molar-refractivity contribution in [2.75, 3.05) is 33.0 Å². The monoisotopic (exact) mass is 535 g/mol. The highest BCUT2D eigenvalue weighted by molar-refractivity contribution is 6.30. The van der Waals surface area contributed by atoms with Gasteiger partial charge < -0.3 is 38.8 Å². The fraction of sp³-hybridized carbons (Fsp3) is 0.400. The van der Waals surface area contributed by atoms with Crippen molar-refractivity contribution in [2.24, 2.45) is 0 Å². The van der Waals surface area contributed by atoms with Crippen molar-refractivity contribution < 1.29 is 48.3 Å². The van der Waals surface area contributed by atoms with Crippen molar-refractivity contribution in [3.63, 3.8) is 0 Å². The average molecular weight is 536 g/mol. The number of carboxylic acids is 2. The molecule has 2 aromatic rings. The molecule has 1 fully saturated rings. The van der Waals surface area contributed by atoms with Crippen molar-refractivity contribution in [2.45, 2.75) is 31.3 Å². The molecule has 2 N–H and O–H groups in total. The Balaban J connectivity index is 1.41. The van der Waals surface area contributed by atoms with Gasteiger partial charge in [0.05, 0.1) is 6.54 Å². The van der Waals surface area contributed by atoms with Crippen LogP contribution in [0.3, 0.4) is 0 Å². The molecule has 2 aliphatic heterocycles. The van der Waals surface area contributed by atoms with Gasteiger partial charge in [0.1, 0.15) is 32.5 Å². The molecule has 0 bridgehead atoms. The van der Waals surface area contributed by atoms with Crippen LogP contribution in [0.15, 0.2) is 42.5 Å². The van der Waals surface area contributed by atoms with E-state index in [4.69, 9.17) is 45.5 Å². The van der Waals surface area contributed by atoms with Gasteiger partial charge in [-0.15, -0.1) is 0 Å². The molecule has 2 heterocycles. The minimum absolute atomic E-state index is 0.195. The van der Waals surface area contributed by atoms with Gasteiger partial charge in [0.25, 0.3) is 5.79 Å². The zero-order valence-corrected chi connectivity index (χ0v) is 20.7. The zero-order chi connectivity index (χ0) is 26.6. The second-order valence-electron chi connectivity index (χ2n) is 8.80. The summed E-state index contributed by atoms with van der Waals surface area (Å²) in [7, 11) is 0. The predicted molar refractivity (Wildman–Crippen MR) is 128 cm³/mol. The summed E-state index contributed by atoms with van der Waals surface area (Å²) in [6.45, 7) is 0.517. The van der Waals surface area contributed by atoms with Gasteiger partial charge in [-0.05, 0) is 48.7 Å². The topological polar surface area (TPSA) is 141 Å². The number of cyclic esters (lactones) is 1. The Morgan fingerprint density at radius 2 is 1.76 bits per heavy atom. The van der Waals surface area contributed by atoms with Crippen LogP contribution in [-0.4, -0.2) is 77.9 Å². The van der Waals surface area contributed by atoms with Gasteiger partial charge in [0, 0.05) is 11.1 Å². The van der Waals surface area contributed by atoms with Crippen LogP contribution in [0.5, 0.6) is 11.5 Å². The van der Waals surface area contributed by atoms with E-state index in [1.54, 1.807) is 29.2 Å². The van der Waals surface area contributed by atoms with Crippen LogP contribution >= 0.6 is 11.6 Å². The number of amides is 1. The lowest BCUT2D eigenvalue weighted by atomic mass is 10.0. The fourth-order valence-electron chi connectivity index (χ4n) is 4.18. The Morgan fingerprint density at radius 3 is 2.41 bits per heavy atom. The number of carbonyl (C=O) groups excluding carboxylic acids is 1. The van der Waals surface area contributed by atoms with E-state index < -0.39 is 43.1 Å². The highest BCUT2D eigenvalue weighted by Gasteiger charge is 2.43. The first-order chi connectivity index (χ1) is 17.6. The lowest BCUT2D eigenvalue weighted by Gasteiger charge is -2.26. The quantitative estimate of drug-likeness (QED) is 0.416. The van der Waals surface area contributed by atoms with Crippen LogP contribution in [-0.2, 0) is 30.2 Å². The van der Waals surface area contributed by atoms with Crippen molar-refractivity contribution >= 4 is 29.6 Å². The van der Waals surface area contributed by atoms with Crippen LogP contribution in [0, 0.1) is 0 Å². The number of fused-ring (bicyclic) bond motifs is 1. The number of carbonyl (C=O) groups is 3. The molecule has 37 heavy (non-hydrogen) atoms. The summed E-state index contributed by atoms with van der Waals surface area (Å²) in [5, 5.41) is 18.3. The molecule has 11 nitrogen and oxygen atoms in total. The Kier molecular flexibility index (Phi) is 8.06. The van der Waals surface area contributed by atoms with Gasteiger partial charge in [-0.25, -0.2) is 14.4 Å². The highest BCUT2D eigenvalue weighted by Crippen LogP contribution is 2.41. The van der Waals surface area contributed by atoms with Gasteiger partial charge in [0.15, 0.2) is 11.5 Å². The Morgan fingerprint density at radius 1 is 1.08 bits per heavy atom. The van der Waals surface area contributed by atoms with Gasteiger partial charge in [-0.1, -0.05) is 29.8 Å². The SMILES string of the molecule is CC(Cc1ccc2c(c1)OC(COCC(=O)O)(COCC(=O)O)O2)N1C[C@@H](c2cccc(Cl)c2)OC1=O. The van der Waals surface area contributed by atoms with Crippen LogP contribution in [0.1, 0.15) is 24.2 Å². The van der Waals surface area contributed by atoms with E-state index in [9.17, 15) is 14.4 Å². The maximum atomic E-state index is 12.6. The fourth-order valence-corrected chi connectivity index (χ4v) is 4.38. The summed E-state index contributed by atoms with van der Waals surface area (Å²) in [5.41, 5.74) is 1.67. The molecule has 4 rings (SSSR count). The van der Waals surface area contributed by atoms with Crippen LogP contribution in [0.4, 0.5) is 4.79 Å². The Hall–Kier alpha value is -3.54. The molecule has 0 aliphatic carbocycles. The predicted octanol–water partition coefficient (Wildman–Crippen LogP) is 3.13. The van der Waals surface area contributed by atoms with E-state index in [1.165, 1.54) is 0 Å². The van der Waals surface area contributed by atoms with Crippen LogP contribution < -0.4 is 9.47 Å². The standard InChI is InChI=1S/C25H26ClNO10/c1-15(27-10-21(35-24(27)32)17-3-2-4-18(26)9-17)7-16-5-6-19-20(8-16)37-25(36-19,13-33-11-22(28)29)14-34-12-23(30)31/h2-6,8-9,15,21H,7,10-14H2,1H3,(H,28,29)(H,30,31)/t15?,21-/m0/s1. The number of aliphatic carboxylic acids is 2. The normalized spacial score (nSPS) is 18.5. The van der Waals surface area contributed by atoms with Crippen LogP contribution in [0.25, 0.3) is 0 Å². The molecule has 1 amide bonds. The van der Waals surface area contributed by atoms with E-state index in [0.29, 0.717) is 29.5 Å². The third-order valence-electron chi connectivity index (χ3n) is 5.82. The van der Waals surface area contributed by atoms with Gasteiger partial charge >= 0.3 is 18.0 Å². The molecule has 198 valence electrons. The van der Waals surface area contributed by atoms with E-state index >= 15 is 0 Å². The smallest absolute Gasteiger partial charge is 0.410 e. The molecule has 1 saturated heterocycles. The van der Waals surface area contributed by atoms with Gasteiger partial charge in [-0.2, -0.15) is 0 Å². The molecule has 1 unspecified atom stereocenters. The van der Waals surface area contributed by atoms with Gasteiger partial charge in [0.2, 0.25) is 0 Å². The Bertz CT molecular complexity index is 1150. The summed E-state index contributed by atoms with van der Waals surface area (Å²) in [4.78, 5) is 35.9. The maximum absolute atomic E-state index is 12.6.